The molecule has 0 bridgehead atoms. The first-order chi connectivity index (χ1) is 16.8. The molecule has 2 aromatic rings. The Kier molecular flexibility index (Phi) is 9.31. The molecule has 0 saturated heterocycles. The summed E-state index contributed by atoms with van der Waals surface area (Å²) in [4.78, 5) is 38.2. The van der Waals surface area contributed by atoms with Crippen LogP contribution >= 0.6 is 11.6 Å². The van der Waals surface area contributed by atoms with Gasteiger partial charge in [0.25, 0.3) is 5.91 Å². The average Bonchev–Trinajstić information content (AvgIpc) is 2.86. The van der Waals surface area contributed by atoms with Crippen LogP contribution in [0.4, 0.5) is 5.69 Å². The second kappa shape index (κ2) is 12.4. The van der Waals surface area contributed by atoms with E-state index in [1.54, 1.807) is 25.1 Å². The molecule has 10 heteroatoms. The Morgan fingerprint density at radius 2 is 1.91 bits per heavy atom. The third-order valence-corrected chi connectivity index (χ3v) is 6.50. The van der Waals surface area contributed by atoms with Gasteiger partial charge in [0, 0.05) is 29.7 Å². The average molecular weight is 504 g/mol. The van der Waals surface area contributed by atoms with E-state index in [4.69, 9.17) is 21.1 Å². The zero-order chi connectivity index (χ0) is 25.4. The Bertz CT molecular complexity index is 1060. The summed E-state index contributed by atoms with van der Waals surface area (Å²) in [5.41, 5.74) is 0.497. The Hall–Kier alpha value is -3.33. The zero-order valence-electron chi connectivity index (χ0n) is 19.9. The van der Waals surface area contributed by atoms with Gasteiger partial charge < -0.3 is 19.7 Å². The van der Waals surface area contributed by atoms with E-state index in [2.05, 4.69) is 5.32 Å². The summed E-state index contributed by atoms with van der Waals surface area (Å²) in [6.07, 6.45) is 5.19. The third kappa shape index (κ3) is 7.08. The Labute approximate surface area is 209 Å². The van der Waals surface area contributed by atoms with Crippen LogP contribution in [0, 0.1) is 10.1 Å². The molecule has 0 aliphatic heterocycles. The number of hydrogen-bond acceptors (Lipinski definition) is 6. The van der Waals surface area contributed by atoms with Crippen LogP contribution in [0.25, 0.3) is 0 Å². The van der Waals surface area contributed by atoms with Crippen LogP contribution < -0.4 is 14.8 Å². The van der Waals surface area contributed by atoms with E-state index in [-0.39, 0.29) is 42.3 Å². The monoisotopic (exact) mass is 503 g/mol. The summed E-state index contributed by atoms with van der Waals surface area (Å²) in [6, 6.07) is 10.5. The lowest BCUT2D eigenvalue weighted by atomic mass is 9.95. The van der Waals surface area contributed by atoms with E-state index in [0.29, 0.717) is 10.6 Å². The minimum atomic E-state index is -0.754. The fraction of sp³-hybridized carbons (Fsp3) is 0.440. The van der Waals surface area contributed by atoms with Crippen LogP contribution in [0.3, 0.4) is 0 Å². The maximum absolute atomic E-state index is 13.2. The molecular weight excluding hydrogens is 474 g/mol. The van der Waals surface area contributed by atoms with Crippen molar-refractivity contribution in [3.63, 3.8) is 0 Å². The molecule has 1 atom stereocenters. The number of benzene rings is 2. The number of halogens is 1. The first-order valence-corrected chi connectivity index (χ1v) is 12.0. The van der Waals surface area contributed by atoms with Crippen LogP contribution in [-0.2, 0) is 16.1 Å². The molecule has 0 heterocycles. The van der Waals surface area contributed by atoms with Crippen LogP contribution in [0.1, 0.15) is 44.6 Å². The summed E-state index contributed by atoms with van der Waals surface area (Å²) < 4.78 is 10.7. The topological polar surface area (TPSA) is 111 Å². The van der Waals surface area contributed by atoms with Gasteiger partial charge in [-0.3, -0.25) is 19.7 Å². The molecule has 2 amide bonds. The fourth-order valence-corrected chi connectivity index (χ4v) is 4.28. The van der Waals surface area contributed by atoms with E-state index in [9.17, 15) is 19.7 Å². The number of nitrogens with zero attached hydrogens (tertiary/aromatic N) is 2. The van der Waals surface area contributed by atoms with Crippen LogP contribution in [-0.4, -0.2) is 47.4 Å². The zero-order valence-corrected chi connectivity index (χ0v) is 20.6. The lowest BCUT2D eigenvalue weighted by molar-refractivity contribution is -0.385. The quantitative estimate of drug-likeness (QED) is 0.377. The van der Waals surface area contributed by atoms with Crippen molar-refractivity contribution in [2.45, 2.75) is 57.7 Å². The maximum atomic E-state index is 13.2. The molecule has 0 radical (unpaired) electrons. The highest BCUT2D eigenvalue weighted by atomic mass is 35.5. The largest absolute Gasteiger partial charge is 0.490 e. The van der Waals surface area contributed by atoms with Gasteiger partial charge in [-0.05, 0) is 37.5 Å². The molecular formula is C25H30ClN3O6. The predicted molar refractivity (Wildman–Crippen MR) is 132 cm³/mol. The molecule has 3 rings (SSSR count). The molecule has 188 valence electrons. The minimum Gasteiger partial charge on any atom is -0.490 e. The van der Waals surface area contributed by atoms with E-state index in [1.807, 2.05) is 6.07 Å². The van der Waals surface area contributed by atoms with Gasteiger partial charge in [0.15, 0.2) is 6.61 Å². The molecule has 1 aliphatic rings. The predicted octanol–water partition coefficient (Wildman–Crippen LogP) is 4.50. The highest BCUT2D eigenvalue weighted by Gasteiger charge is 2.29. The number of amides is 2. The first kappa shape index (κ1) is 26.3. The summed E-state index contributed by atoms with van der Waals surface area (Å²) in [7, 11) is 1.31. The normalized spacial score (nSPS) is 14.6. The number of nitro groups is 1. The lowest BCUT2D eigenvalue weighted by Crippen LogP contribution is -2.51. The molecule has 1 aliphatic carbocycles. The summed E-state index contributed by atoms with van der Waals surface area (Å²) >= 11 is 6.32. The molecule has 1 unspecified atom stereocenters. The molecule has 0 spiro atoms. The molecule has 35 heavy (non-hydrogen) atoms. The van der Waals surface area contributed by atoms with Crippen molar-refractivity contribution in [1.29, 1.82) is 0 Å². The second-order valence-corrected chi connectivity index (χ2v) is 8.92. The van der Waals surface area contributed by atoms with Gasteiger partial charge in [0.1, 0.15) is 11.8 Å². The third-order valence-electron chi connectivity index (χ3n) is 6.13. The molecule has 0 aromatic heterocycles. The van der Waals surface area contributed by atoms with Crippen molar-refractivity contribution in [3.8, 4) is 11.5 Å². The van der Waals surface area contributed by atoms with Gasteiger partial charge in [-0.2, -0.15) is 0 Å². The summed E-state index contributed by atoms with van der Waals surface area (Å²) in [5, 5.41) is 14.7. The Morgan fingerprint density at radius 3 is 2.57 bits per heavy atom. The maximum Gasteiger partial charge on any atom is 0.311 e. The SMILES string of the molecule is COc1cc(OCC(=O)N(Cc2ccccc2Cl)C(C)C(=O)NC2CCCCC2)ccc1[N+](=O)[O-]. The second-order valence-electron chi connectivity index (χ2n) is 8.51. The Balaban J connectivity index is 1.74. The van der Waals surface area contributed by atoms with Crippen molar-refractivity contribution in [3.05, 3.63) is 63.2 Å². The molecule has 1 fully saturated rings. The number of nitrogens with one attached hydrogen (secondary N) is 1. The summed E-state index contributed by atoms with van der Waals surface area (Å²) in [5.74, 6) is -0.395. The van der Waals surface area contributed by atoms with Gasteiger partial charge in [0.2, 0.25) is 11.7 Å². The van der Waals surface area contributed by atoms with Gasteiger partial charge >= 0.3 is 5.69 Å². The van der Waals surface area contributed by atoms with Crippen LogP contribution in [0.15, 0.2) is 42.5 Å². The minimum absolute atomic E-state index is 0.0214. The van der Waals surface area contributed by atoms with Crippen LogP contribution in [0.5, 0.6) is 11.5 Å². The van der Waals surface area contributed by atoms with E-state index in [1.165, 1.54) is 36.6 Å². The smallest absolute Gasteiger partial charge is 0.311 e. The van der Waals surface area contributed by atoms with Crippen molar-refractivity contribution in [2.24, 2.45) is 0 Å². The van der Waals surface area contributed by atoms with Gasteiger partial charge in [-0.15, -0.1) is 0 Å². The van der Waals surface area contributed by atoms with E-state index < -0.39 is 16.9 Å². The highest BCUT2D eigenvalue weighted by Crippen LogP contribution is 2.31. The number of carbonyl (C=O) groups excluding carboxylic acids is 2. The van der Waals surface area contributed by atoms with Crippen molar-refractivity contribution < 1.29 is 24.0 Å². The number of methoxy groups -OCH3 is 1. The van der Waals surface area contributed by atoms with E-state index in [0.717, 1.165) is 25.7 Å². The van der Waals surface area contributed by atoms with Gasteiger partial charge in [0.05, 0.1) is 12.0 Å². The molecule has 2 aromatic carbocycles. The molecule has 1 N–H and O–H groups in total. The number of hydrogen-bond donors (Lipinski definition) is 1. The van der Waals surface area contributed by atoms with E-state index >= 15 is 0 Å². The van der Waals surface area contributed by atoms with Gasteiger partial charge in [-0.1, -0.05) is 49.1 Å². The fourth-order valence-electron chi connectivity index (χ4n) is 4.09. The van der Waals surface area contributed by atoms with Gasteiger partial charge in [-0.25, -0.2) is 0 Å². The lowest BCUT2D eigenvalue weighted by Gasteiger charge is -2.31. The number of ether oxygens (including phenoxy) is 2. The van der Waals surface area contributed by atoms with Crippen molar-refractivity contribution >= 4 is 29.1 Å². The first-order valence-electron chi connectivity index (χ1n) is 11.6. The number of carbonyl (C=O) groups is 2. The number of rotatable bonds is 10. The van der Waals surface area contributed by atoms with Crippen molar-refractivity contribution in [2.75, 3.05) is 13.7 Å². The highest BCUT2D eigenvalue weighted by molar-refractivity contribution is 6.31. The van der Waals surface area contributed by atoms with Crippen LogP contribution in [0.2, 0.25) is 5.02 Å². The number of nitro benzene ring substituents is 1. The molecule has 1 saturated carbocycles. The molecule has 9 nitrogen and oxygen atoms in total. The Morgan fingerprint density at radius 1 is 1.20 bits per heavy atom. The summed E-state index contributed by atoms with van der Waals surface area (Å²) in [6.45, 7) is 1.44. The van der Waals surface area contributed by atoms with Crippen molar-refractivity contribution in [1.82, 2.24) is 10.2 Å². The standard InChI is InChI=1S/C25H30ClN3O6/c1-17(25(31)27-19-9-4-3-5-10-19)28(15-18-8-6-7-11-21(18)26)24(30)16-35-20-12-13-22(29(32)33)23(14-20)34-2/h6-8,11-14,17,19H,3-5,9-10,15-16H2,1-2H3,(H,27,31).